The largest absolute Gasteiger partial charge is 0.316 e. The Kier molecular flexibility index (Phi) is 3.47. The monoisotopic (exact) mass is 348 g/mol. The van der Waals surface area contributed by atoms with Gasteiger partial charge in [-0.05, 0) is 23.8 Å². The van der Waals surface area contributed by atoms with E-state index in [-0.39, 0.29) is 10.6 Å². The van der Waals surface area contributed by atoms with E-state index >= 15 is 0 Å². The average Bonchev–Trinajstić information content (AvgIpc) is 2.48. The summed E-state index contributed by atoms with van der Waals surface area (Å²) in [6.45, 7) is 0. The molecule has 0 saturated carbocycles. The van der Waals surface area contributed by atoms with E-state index in [1.165, 1.54) is 6.07 Å². The fourth-order valence-corrected chi connectivity index (χ4v) is 2.81. The molecule has 1 aromatic heterocycles. The Bertz CT molecular complexity index is 933. The summed E-state index contributed by atoms with van der Waals surface area (Å²) in [5, 5.41) is 0. The first-order valence-corrected chi connectivity index (χ1v) is 7.12. The van der Waals surface area contributed by atoms with Gasteiger partial charge in [-0.25, -0.2) is 4.39 Å². The smallest absolute Gasteiger partial charge is 0.314 e. The Balaban J connectivity index is 2.13. The minimum absolute atomic E-state index is 0.311. The summed E-state index contributed by atoms with van der Waals surface area (Å²) in [4.78, 5) is 27.3. The molecular formula is C15H10BrFN2O2. The molecule has 1 unspecified atom stereocenters. The second-order valence-electron chi connectivity index (χ2n) is 4.60. The highest BCUT2D eigenvalue weighted by Crippen LogP contribution is 2.33. The van der Waals surface area contributed by atoms with Gasteiger partial charge in [0.05, 0.1) is 15.9 Å². The molecule has 106 valence electrons. The van der Waals surface area contributed by atoms with Gasteiger partial charge >= 0.3 is 11.1 Å². The number of halogens is 2. The van der Waals surface area contributed by atoms with Crippen molar-refractivity contribution in [1.82, 2.24) is 9.97 Å². The van der Waals surface area contributed by atoms with Gasteiger partial charge < -0.3 is 9.97 Å². The van der Waals surface area contributed by atoms with Crippen molar-refractivity contribution in [3.63, 3.8) is 0 Å². The van der Waals surface area contributed by atoms with E-state index in [0.29, 0.717) is 16.6 Å². The highest BCUT2D eigenvalue weighted by molar-refractivity contribution is 9.09. The van der Waals surface area contributed by atoms with Gasteiger partial charge in [-0.3, -0.25) is 9.59 Å². The van der Waals surface area contributed by atoms with E-state index in [1.54, 1.807) is 36.4 Å². The molecule has 0 aliphatic rings. The highest BCUT2D eigenvalue weighted by atomic mass is 79.9. The molecule has 1 atom stereocenters. The molecule has 3 rings (SSSR count). The van der Waals surface area contributed by atoms with Gasteiger partial charge in [-0.15, -0.1) is 0 Å². The second kappa shape index (κ2) is 5.29. The number of fused-ring (bicyclic) bond motifs is 1. The van der Waals surface area contributed by atoms with Crippen molar-refractivity contribution in [2.45, 2.75) is 4.83 Å². The van der Waals surface area contributed by atoms with Gasteiger partial charge in [0.15, 0.2) is 0 Å². The minimum atomic E-state index is -0.711. The molecule has 0 amide bonds. The van der Waals surface area contributed by atoms with Gasteiger partial charge in [-0.2, -0.15) is 0 Å². The third-order valence-electron chi connectivity index (χ3n) is 3.22. The number of aromatic nitrogens is 2. The van der Waals surface area contributed by atoms with Crippen LogP contribution in [0.25, 0.3) is 11.0 Å². The zero-order chi connectivity index (χ0) is 15.0. The quantitative estimate of drug-likeness (QED) is 0.552. The minimum Gasteiger partial charge on any atom is -0.316 e. The summed E-state index contributed by atoms with van der Waals surface area (Å²) in [6, 6.07) is 11.6. The maximum atomic E-state index is 13.8. The number of hydrogen-bond donors (Lipinski definition) is 2. The van der Waals surface area contributed by atoms with Gasteiger partial charge in [0.2, 0.25) is 0 Å². The number of hydrogen-bond acceptors (Lipinski definition) is 2. The van der Waals surface area contributed by atoms with Crippen LogP contribution >= 0.6 is 15.9 Å². The Morgan fingerprint density at radius 1 is 0.952 bits per heavy atom. The van der Waals surface area contributed by atoms with Crippen molar-refractivity contribution in [3.05, 3.63) is 80.1 Å². The number of aromatic amines is 2. The first kappa shape index (κ1) is 13.8. The summed E-state index contributed by atoms with van der Waals surface area (Å²) in [6.07, 6.45) is 0. The van der Waals surface area contributed by atoms with Crippen molar-refractivity contribution in [2.75, 3.05) is 0 Å². The van der Waals surface area contributed by atoms with Crippen molar-refractivity contribution in [1.29, 1.82) is 0 Å². The van der Waals surface area contributed by atoms with Crippen LogP contribution in [0.4, 0.5) is 4.39 Å². The zero-order valence-corrected chi connectivity index (χ0v) is 12.3. The molecule has 2 N–H and O–H groups in total. The summed E-state index contributed by atoms with van der Waals surface area (Å²) in [7, 11) is 0. The lowest BCUT2D eigenvalue weighted by molar-refractivity contribution is 0.613. The van der Waals surface area contributed by atoms with Gasteiger partial charge in [0.1, 0.15) is 5.82 Å². The summed E-state index contributed by atoms with van der Waals surface area (Å²) in [5.41, 5.74) is 0.893. The van der Waals surface area contributed by atoms with E-state index in [2.05, 4.69) is 25.9 Å². The average molecular weight is 349 g/mol. The molecule has 0 radical (unpaired) electrons. The normalized spacial score (nSPS) is 12.5. The van der Waals surface area contributed by atoms with Crippen LogP contribution in [0.5, 0.6) is 0 Å². The maximum Gasteiger partial charge on any atom is 0.314 e. The van der Waals surface area contributed by atoms with Crippen LogP contribution in [-0.2, 0) is 0 Å². The van der Waals surface area contributed by atoms with Crippen molar-refractivity contribution in [2.24, 2.45) is 0 Å². The van der Waals surface area contributed by atoms with Crippen LogP contribution in [-0.4, -0.2) is 9.97 Å². The van der Waals surface area contributed by atoms with E-state index < -0.39 is 11.1 Å². The Hall–Kier alpha value is -2.21. The lowest BCUT2D eigenvalue weighted by Crippen LogP contribution is -2.28. The first-order valence-electron chi connectivity index (χ1n) is 6.21. The van der Waals surface area contributed by atoms with Crippen LogP contribution < -0.4 is 11.1 Å². The molecule has 21 heavy (non-hydrogen) atoms. The molecule has 0 spiro atoms. The number of alkyl halides is 1. The van der Waals surface area contributed by atoms with Gasteiger partial charge in [0.25, 0.3) is 0 Å². The van der Waals surface area contributed by atoms with Crippen LogP contribution in [0.3, 0.4) is 0 Å². The lowest BCUT2D eigenvalue weighted by atomic mass is 10.0. The maximum absolute atomic E-state index is 13.8. The predicted molar refractivity (Wildman–Crippen MR) is 82.4 cm³/mol. The zero-order valence-electron chi connectivity index (χ0n) is 10.7. The van der Waals surface area contributed by atoms with E-state index in [9.17, 15) is 14.0 Å². The van der Waals surface area contributed by atoms with Gasteiger partial charge in [-0.1, -0.05) is 40.2 Å². The predicted octanol–water partition coefficient (Wildman–Crippen LogP) is 2.84. The lowest BCUT2D eigenvalue weighted by Gasteiger charge is -2.12. The molecule has 6 heteroatoms. The van der Waals surface area contributed by atoms with Crippen molar-refractivity contribution >= 4 is 27.0 Å². The fraction of sp³-hybridized carbons (Fsp3) is 0.0667. The van der Waals surface area contributed by atoms with Crippen LogP contribution in [0, 0.1) is 5.82 Å². The SMILES string of the molecule is O=c1[nH]c2ccc(C(Br)c3ccccc3F)cc2[nH]c1=O. The van der Waals surface area contributed by atoms with Crippen molar-refractivity contribution < 1.29 is 4.39 Å². The molecule has 0 aliphatic heterocycles. The third kappa shape index (κ3) is 2.54. The molecule has 3 aromatic rings. The number of benzene rings is 2. The van der Waals surface area contributed by atoms with Crippen LogP contribution in [0.15, 0.2) is 52.1 Å². The molecular weight excluding hydrogens is 339 g/mol. The molecule has 4 nitrogen and oxygen atoms in total. The van der Waals surface area contributed by atoms with Crippen LogP contribution in [0.2, 0.25) is 0 Å². The Morgan fingerprint density at radius 3 is 2.33 bits per heavy atom. The topological polar surface area (TPSA) is 65.7 Å². The molecule has 1 heterocycles. The van der Waals surface area contributed by atoms with Gasteiger partial charge in [0, 0.05) is 5.56 Å². The van der Waals surface area contributed by atoms with Crippen molar-refractivity contribution in [3.8, 4) is 0 Å². The van der Waals surface area contributed by atoms with E-state index in [0.717, 1.165) is 5.56 Å². The number of H-pyrrole nitrogens is 2. The summed E-state index contributed by atoms with van der Waals surface area (Å²) in [5.74, 6) is -0.311. The Labute approximate surface area is 126 Å². The summed E-state index contributed by atoms with van der Waals surface area (Å²) >= 11 is 3.46. The van der Waals surface area contributed by atoms with Crippen LogP contribution in [0.1, 0.15) is 16.0 Å². The molecule has 0 fully saturated rings. The molecule has 2 aromatic carbocycles. The molecule has 0 bridgehead atoms. The van der Waals surface area contributed by atoms with E-state index in [1.807, 2.05) is 0 Å². The third-order valence-corrected chi connectivity index (χ3v) is 4.24. The highest BCUT2D eigenvalue weighted by Gasteiger charge is 2.15. The fourth-order valence-electron chi connectivity index (χ4n) is 2.15. The molecule has 0 saturated heterocycles. The first-order chi connectivity index (χ1) is 10.1. The standard InChI is InChI=1S/C15H10BrFN2O2/c16-13(9-3-1-2-4-10(9)17)8-5-6-11-12(7-8)19-15(21)14(20)18-11/h1-7,13H,(H,18,20)(H,19,21). The van der Waals surface area contributed by atoms with E-state index in [4.69, 9.17) is 0 Å². The molecule has 0 aliphatic carbocycles. The summed E-state index contributed by atoms with van der Waals surface area (Å²) < 4.78 is 13.8. The number of nitrogens with one attached hydrogen (secondary N) is 2. The second-order valence-corrected chi connectivity index (χ2v) is 5.51. The Morgan fingerprint density at radius 2 is 1.62 bits per heavy atom. The number of rotatable bonds is 2.